The number of carbonyl (C=O) groups is 2. The van der Waals surface area contributed by atoms with E-state index in [1.807, 2.05) is 12.1 Å². The Morgan fingerprint density at radius 1 is 1.48 bits per heavy atom. The van der Waals surface area contributed by atoms with Gasteiger partial charge in [0.05, 0.1) is 17.0 Å². The number of benzene rings is 1. The van der Waals surface area contributed by atoms with Crippen LogP contribution in [0.2, 0.25) is 5.02 Å². The smallest absolute Gasteiger partial charge is 0.328 e. The maximum atomic E-state index is 9.53. The molecule has 0 saturated heterocycles. The molecular weight excluding hydrogens is 322 g/mol. The number of quaternary nitrogens is 1. The molecule has 7 heteroatoms. The van der Waals surface area contributed by atoms with E-state index in [9.17, 15) is 14.7 Å². The number of hydrogen-bond acceptors (Lipinski definition) is 4. The molecule has 6 nitrogen and oxygen atoms in total. The van der Waals surface area contributed by atoms with Gasteiger partial charge in [0, 0.05) is 12.5 Å². The summed E-state index contributed by atoms with van der Waals surface area (Å²) < 4.78 is 5.82. The minimum absolute atomic E-state index is 0.280. The molecule has 0 bridgehead atoms. The molecule has 0 amide bonds. The number of fused-ring (bicyclic) bond motifs is 1. The molecule has 1 atom stereocenters. The molecule has 1 heterocycles. The van der Waals surface area contributed by atoms with Gasteiger partial charge < -0.3 is 25.1 Å². The number of aliphatic carboxylic acids is 2. The summed E-state index contributed by atoms with van der Waals surface area (Å²) >= 11 is 6.06. The number of ether oxygens (including phenoxy) is 1. The van der Waals surface area contributed by atoms with Crippen LogP contribution in [0.3, 0.4) is 0 Å². The third kappa shape index (κ3) is 7.17. The highest BCUT2D eigenvalue weighted by atomic mass is 35.5. The van der Waals surface area contributed by atoms with Crippen LogP contribution in [0, 0.1) is 0 Å². The second kappa shape index (κ2) is 9.17. The Morgan fingerprint density at radius 3 is 2.65 bits per heavy atom. The molecule has 1 unspecified atom stereocenters. The number of hydrogen-bond donors (Lipinski definition) is 2. The van der Waals surface area contributed by atoms with E-state index in [-0.39, 0.29) is 6.10 Å². The minimum Gasteiger partial charge on any atom is -0.545 e. The van der Waals surface area contributed by atoms with Crippen LogP contribution in [0.4, 0.5) is 0 Å². The van der Waals surface area contributed by atoms with Crippen molar-refractivity contribution in [3.63, 3.8) is 0 Å². The molecule has 3 N–H and O–H groups in total. The lowest BCUT2D eigenvalue weighted by molar-refractivity contribution is -0.687. The predicted molar refractivity (Wildman–Crippen MR) is 83.3 cm³/mol. The predicted octanol–water partition coefficient (Wildman–Crippen LogP) is -0.00760. The average molecular weight is 342 g/mol. The standard InChI is InChI=1S/C12H16ClNO.C4H4O4/c1-8(2)14-7-10-6-9-4-3-5-11(13)12(9)15-10;5-3(6)1-2-4(7)8/h3-5,8,10,14H,6-7H2,1-2H3;1-2H,(H,5,6)(H,7,8)/b;2-1-. The van der Waals surface area contributed by atoms with Gasteiger partial charge in [0.25, 0.3) is 0 Å². The number of carbonyl (C=O) groups excluding carboxylic acids is 1. The SMILES string of the molecule is CC(C)[NH2+]CC1Cc2cccc(Cl)c2O1.O=C([O-])/C=C\C(=O)O. The summed E-state index contributed by atoms with van der Waals surface area (Å²) in [5, 5.41) is 20.3. The molecule has 0 aliphatic carbocycles. The Hall–Kier alpha value is -2.05. The first kappa shape index (κ1) is 19.0. The van der Waals surface area contributed by atoms with E-state index < -0.39 is 11.9 Å². The Labute approximate surface area is 139 Å². The molecule has 126 valence electrons. The van der Waals surface area contributed by atoms with E-state index in [2.05, 4.69) is 25.2 Å². The van der Waals surface area contributed by atoms with Crippen molar-refractivity contribution in [3.8, 4) is 5.75 Å². The zero-order valence-electron chi connectivity index (χ0n) is 13.0. The van der Waals surface area contributed by atoms with Crippen molar-refractivity contribution in [1.82, 2.24) is 0 Å². The zero-order valence-corrected chi connectivity index (χ0v) is 13.7. The van der Waals surface area contributed by atoms with E-state index in [1.54, 1.807) is 0 Å². The Balaban J connectivity index is 0.000000284. The molecule has 0 spiro atoms. The number of carboxylic acid groups (broad SMARTS) is 2. The molecule has 0 radical (unpaired) electrons. The van der Waals surface area contributed by atoms with Gasteiger partial charge in [0.1, 0.15) is 12.3 Å². The van der Waals surface area contributed by atoms with Gasteiger partial charge in [-0.25, -0.2) is 4.79 Å². The van der Waals surface area contributed by atoms with Gasteiger partial charge >= 0.3 is 5.97 Å². The summed E-state index contributed by atoms with van der Waals surface area (Å²) in [7, 11) is 0. The number of rotatable bonds is 5. The molecule has 2 rings (SSSR count). The third-order valence-corrected chi connectivity index (χ3v) is 3.31. The third-order valence-electron chi connectivity index (χ3n) is 3.01. The topological polar surface area (TPSA) is 103 Å². The fourth-order valence-corrected chi connectivity index (χ4v) is 2.23. The van der Waals surface area contributed by atoms with Gasteiger partial charge in [-0.05, 0) is 31.6 Å². The molecule has 1 aromatic rings. The van der Waals surface area contributed by atoms with Crippen LogP contribution >= 0.6 is 11.6 Å². The van der Waals surface area contributed by atoms with Crippen molar-refractivity contribution >= 4 is 23.5 Å². The van der Waals surface area contributed by atoms with Gasteiger partial charge in [-0.2, -0.15) is 0 Å². The molecular formula is C16H20ClNO5. The van der Waals surface area contributed by atoms with Gasteiger partial charge in [0.15, 0.2) is 6.10 Å². The van der Waals surface area contributed by atoms with Gasteiger partial charge in [0.2, 0.25) is 0 Å². The molecule has 0 fully saturated rings. The summed E-state index contributed by atoms with van der Waals surface area (Å²) in [6, 6.07) is 6.58. The Morgan fingerprint density at radius 2 is 2.17 bits per heavy atom. The Bertz CT molecular complexity index is 570. The highest BCUT2D eigenvalue weighted by molar-refractivity contribution is 6.32. The second-order valence-corrected chi connectivity index (χ2v) is 5.79. The summed E-state index contributed by atoms with van der Waals surface area (Å²) in [6.45, 7) is 5.38. The highest BCUT2D eigenvalue weighted by Crippen LogP contribution is 2.35. The molecule has 0 aromatic heterocycles. The van der Waals surface area contributed by atoms with Crippen LogP contribution in [0.5, 0.6) is 5.75 Å². The second-order valence-electron chi connectivity index (χ2n) is 5.38. The minimum atomic E-state index is -1.51. The summed E-state index contributed by atoms with van der Waals surface area (Å²) in [4.78, 5) is 19.0. The largest absolute Gasteiger partial charge is 0.545 e. The number of halogens is 1. The van der Waals surface area contributed by atoms with Gasteiger partial charge in [-0.15, -0.1) is 0 Å². The van der Waals surface area contributed by atoms with Crippen LogP contribution in [0.15, 0.2) is 30.4 Å². The van der Waals surface area contributed by atoms with Gasteiger partial charge in [-0.1, -0.05) is 23.7 Å². The normalized spacial score (nSPS) is 15.7. The van der Waals surface area contributed by atoms with E-state index in [1.165, 1.54) is 5.56 Å². The van der Waals surface area contributed by atoms with E-state index in [4.69, 9.17) is 21.4 Å². The fraction of sp³-hybridized carbons (Fsp3) is 0.375. The summed E-state index contributed by atoms with van der Waals surface area (Å²) in [5.74, 6) is -1.91. The summed E-state index contributed by atoms with van der Waals surface area (Å²) in [5.41, 5.74) is 1.24. The monoisotopic (exact) mass is 341 g/mol. The zero-order chi connectivity index (χ0) is 17.4. The van der Waals surface area contributed by atoms with Crippen LogP contribution < -0.4 is 15.2 Å². The maximum Gasteiger partial charge on any atom is 0.328 e. The van der Waals surface area contributed by atoms with Crippen LogP contribution in [0.1, 0.15) is 19.4 Å². The van der Waals surface area contributed by atoms with Crippen molar-refractivity contribution in [2.45, 2.75) is 32.4 Å². The van der Waals surface area contributed by atoms with Crippen molar-refractivity contribution in [3.05, 3.63) is 40.9 Å². The lowest BCUT2D eigenvalue weighted by Gasteiger charge is -2.11. The molecule has 0 saturated carbocycles. The number of carboxylic acids is 2. The molecule has 23 heavy (non-hydrogen) atoms. The lowest BCUT2D eigenvalue weighted by Crippen LogP contribution is -2.90. The number of nitrogens with two attached hydrogens (primary N) is 1. The van der Waals surface area contributed by atoms with Crippen molar-refractivity contribution in [2.75, 3.05) is 6.54 Å². The first-order valence-electron chi connectivity index (χ1n) is 7.19. The van der Waals surface area contributed by atoms with Crippen LogP contribution in [-0.2, 0) is 16.0 Å². The first-order chi connectivity index (χ1) is 10.8. The summed E-state index contributed by atoms with van der Waals surface area (Å²) in [6.07, 6.45) is 2.21. The molecule has 1 aliphatic rings. The Kier molecular flexibility index (Phi) is 7.57. The van der Waals surface area contributed by atoms with E-state index >= 15 is 0 Å². The van der Waals surface area contributed by atoms with Gasteiger partial charge in [-0.3, -0.25) is 0 Å². The number of para-hydroxylation sites is 1. The van der Waals surface area contributed by atoms with Crippen LogP contribution in [0.25, 0.3) is 0 Å². The van der Waals surface area contributed by atoms with Crippen molar-refractivity contribution in [2.24, 2.45) is 0 Å². The first-order valence-corrected chi connectivity index (χ1v) is 7.56. The molecule has 1 aliphatic heterocycles. The highest BCUT2D eigenvalue weighted by Gasteiger charge is 2.25. The fourth-order valence-electron chi connectivity index (χ4n) is 1.99. The lowest BCUT2D eigenvalue weighted by atomic mass is 10.1. The van der Waals surface area contributed by atoms with Crippen LogP contribution in [-0.4, -0.2) is 35.7 Å². The molecule has 1 aromatic carbocycles. The quantitative estimate of drug-likeness (QED) is 0.733. The van der Waals surface area contributed by atoms with E-state index in [0.29, 0.717) is 18.2 Å². The van der Waals surface area contributed by atoms with E-state index in [0.717, 1.165) is 23.7 Å². The van der Waals surface area contributed by atoms with Crippen molar-refractivity contribution in [1.29, 1.82) is 0 Å². The van der Waals surface area contributed by atoms with Crippen molar-refractivity contribution < 1.29 is 29.9 Å². The maximum absolute atomic E-state index is 9.53. The average Bonchev–Trinajstić information content (AvgIpc) is 2.88.